The van der Waals surface area contributed by atoms with Gasteiger partial charge in [-0.2, -0.15) is 0 Å². The van der Waals surface area contributed by atoms with Crippen molar-refractivity contribution in [2.24, 2.45) is 0 Å². The highest BCUT2D eigenvalue weighted by atomic mass is 16.2. The monoisotopic (exact) mass is 253 g/mol. The van der Waals surface area contributed by atoms with Crippen molar-refractivity contribution in [2.75, 3.05) is 19.6 Å². The molecule has 104 valence electrons. The van der Waals surface area contributed by atoms with Gasteiger partial charge < -0.3 is 10.6 Å². The van der Waals surface area contributed by atoms with Gasteiger partial charge >= 0.3 is 0 Å². The van der Waals surface area contributed by atoms with Crippen LogP contribution in [0.25, 0.3) is 0 Å². The summed E-state index contributed by atoms with van der Waals surface area (Å²) in [7, 11) is 0. The van der Waals surface area contributed by atoms with Crippen LogP contribution in [0.15, 0.2) is 0 Å². The predicted octanol–water partition coefficient (Wildman–Crippen LogP) is 1.12. The van der Waals surface area contributed by atoms with Crippen molar-refractivity contribution in [3.05, 3.63) is 0 Å². The van der Waals surface area contributed by atoms with E-state index in [-0.39, 0.29) is 11.9 Å². The number of nitrogens with one attached hydrogen (secondary N) is 2. The normalized spacial score (nSPS) is 31.2. The molecule has 2 heterocycles. The van der Waals surface area contributed by atoms with Crippen molar-refractivity contribution < 1.29 is 4.79 Å². The summed E-state index contributed by atoms with van der Waals surface area (Å²) in [6.07, 6.45) is 5.94. The highest BCUT2D eigenvalue weighted by molar-refractivity contribution is 5.81. The molecule has 2 rings (SSSR count). The second kappa shape index (κ2) is 6.53. The zero-order valence-electron chi connectivity index (χ0n) is 11.7. The van der Waals surface area contributed by atoms with Crippen molar-refractivity contribution in [1.82, 2.24) is 15.5 Å². The molecule has 2 fully saturated rings. The molecule has 0 aromatic carbocycles. The van der Waals surface area contributed by atoms with E-state index >= 15 is 0 Å². The van der Waals surface area contributed by atoms with Gasteiger partial charge in [0.1, 0.15) is 0 Å². The van der Waals surface area contributed by atoms with E-state index in [1.807, 2.05) is 0 Å². The minimum Gasteiger partial charge on any atom is -0.353 e. The van der Waals surface area contributed by atoms with Gasteiger partial charge in [-0.25, -0.2) is 0 Å². The number of nitrogens with zero attached hydrogens (tertiary/aromatic N) is 1. The van der Waals surface area contributed by atoms with Crippen molar-refractivity contribution in [2.45, 2.75) is 64.1 Å². The Morgan fingerprint density at radius 3 is 2.72 bits per heavy atom. The van der Waals surface area contributed by atoms with E-state index in [0.29, 0.717) is 12.1 Å². The number of amides is 1. The van der Waals surface area contributed by atoms with Gasteiger partial charge in [0.2, 0.25) is 5.91 Å². The Hall–Kier alpha value is -0.610. The van der Waals surface area contributed by atoms with Gasteiger partial charge in [0.25, 0.3) is 0 Å². The van der Waals surface area contributed by atoms with Crippen molar-refractivity contribution in [1.29, 1.82) is 0 Å². The Labute approximate surface area is 110 Å². The summed E-state index contributed by atoms with van der Waals surface area (Å²) in [6, 6.07) is 0.975. The van der Waals surface area contributed by atoms with E-state index in [0.717, 1.165) is 19.4 Å². The van der Waals surface area contributed by atoms with Crippen LogP contribution in [-0.2, 0) is 4.79 Å². The van der Waals surface area contributed by atoms with E-state index in [1.54, 1.807) is 0 Å². The maximum atomic E-state index is 12.1. The number of rotatable bonds is 4. The van der Waals surface area contributed by atoms with Gasteiger partial charge in [-0.05, 0) is 59.0 Å². The second-order valence-electron chi connectivity index (χ2n) is 5.89. The fraction of sp³-hybridized carbons (Fsp3) is 0.929. The van der Waals surface area contributed by atoms with E-state index in [9.17, 15) is 4.79 Å². The van der Waals surface area contributed by atoms with Crippen LogP contribution in [0.2, 0.25) is 0 Å². The Morgan fingerprint density at radius 1 is 1.33 bits per heavy atom. The molecule has 4 heteroatoms. The summed E-state index contributed by atoms with van der Waals surface area (Å²) in [4.78, 5) is 14.5. The molecule has 2 aliphatic heterocycles. The topological polar surface area (TPSA) is 44.4 Å². The number of hydrogen-bond acceptors (Lipinski definition) is 3. The lowest BCUT2D eigenvalue weighted by molar-refractivity contribution is -0.124. The maximum Gasteiger partial charge on any atom is 0.237 e. The number of likely N-dealkylation sites (tertiary alicyclic amines) is 1. The molecular formula is C14H27N3O. The highest BCUT2D eigenvalue weighted by Gasteiger charge is 2.25. The molecule has 0 bridgehead atoms. The van der Waals surface area contributed by atoms with E-state index < -0.39 is 0 Å². The van der Waals surface area contributed by atoms with Gasteiger partial charge in [0.15, 0.2) is 0 Å². The van der Waals surface area contributed by atoms with Crippen molar-refractivity contribution in [3.8, 4) is 0 Å². The third-order valence-corrected chi connectivity index (χ3v) is 4.27. The number of hydrogen-bond donors (Lipinski definition) is 2. The summed E-state index contributed by atoms with van der Waals surface area (Å²) in [5.41, 5.74) is 0. The van der Waals surface area contributed by atoms with E-state index in [1.165, 1.54) is 32.4 Å². The predicted molar refractivity (Wildman–Crippen MR) is 73.5 cm³/mol. The molecule has 2 aliphatic rings. The molecule has 2 N–H and O–H groups in total. The van der Waals surface area contributed by atoms with Crippen LogP contribution in [0.1, 0.15) is 46.0 Å². The van der Waals surface area contributed by atoms with Crippen molar-refractivity contribution >= 4 is 5.91 Å². The summed E-state index contributed by atoms with van der Waals surface area (Å²) < 4.78 is 0. The first-order chi connectivity index (χ1) is 8.66. The van der Waals surface area contributed by atoms with Crippen LogP contribution in [0.3, 0.4) is 0 Å². The minimum absolute atomic E-state index is 0.0273. The average Bonchev–Trinajstić information content (AvgIpc) is 2.89. The fourth-order valence-corrected chi connectivity index (χ4v) is 3.03. The fourth-order valence-electron chi connectivity index (χ4n) is 3.03. The van der Waals surface area contributed by atoms with Crippen molar-refractivity contribution in [3.63, 3.8) is 0 Å². The molecule has 3 atom stereocenters. The van der Waals surface area contributed by atoms with Gasteiger partial charge in [-0.3, -0.25) is 9.69 Å². The Balaban J connectivity index is 1.70. The first-order valence-corrected chi connectivity index (χ1v) is 7.44. The molecule has 18 heavy (non-hydrogen) atoms. The lowest BCUT2D eigenvalue weighted by Crippen LogP contribution is -2.52. The smallest absolute Gasteiger partial charge is 0.237 e. The van der Waals surface area contributed by atoms with Gasteiger partial charge in [0.05, 0.1) is 6.04 Å². The average molecular weight is 253 g/mol. The van der Waals surface area contributed by atoms with E-state index in [2.05, 4.69) is 29.4 Å². The Morgan fingerprint density at radius 2 is 2.06 bits per heavy atom. The number of piperidine rings is 1. The zero-order valence-corrected chi connectivity index (χ0v) is 11.7. The van der Waals surface area contributed by atoms with Crippen LogP contribution in [-0.4, -0.2) is 48.6 Å². The molecule has 2 saturated heterocycles. The molecule has 0 aliphatic carbocycles. The Bertz CT molecular complexity index is 276. The molecular weight excluding hydrogens is 226 g/mol. The summed E-state index contributed by atoms with van der Waals surface area (Å²) in [5.74, 6) is 0.188. The molecule has 0 saturated carbocycles. The first kappa shape index (κ1) is 13.8. The molecule has 3 unspecified atom stereocenters. The van der Waals surface area contributed by atoms with E-state index in [4.69, 9.17) is 0 Å². The van der Waals surface area contributed by atoms with Crippen LogP contribution in [0, 0.1) is 0 Å². The largest absolute Gasteiger partial charge is 0.353 e. The molecule has 0 spiro atoms. The van der Waals surface area contributed by atoms with Crippen LogP contribution < -0.4 is 10.6 Å². The molecule has 0 radical (unpaired) electrons. The minimum atomic E-state index is 0.0273. The number of carbonyl (C=O) groups excluding carboxylic acids is 1. The van der Waals surface area contributed by atoms with Gasteiger partial charge in [-0.15, -0.1) is 0 Å². The van der Waals surface area contributed by atoms with Crippen LogP contribution >= 0.6 is 0 Å². The third-order valence-electron chi connectivity index (χ3n) is 4.27. The van der Waals surface area contributed by atoms with Crippen LogP contribution in [0.4, 0.5) is 0 Å². The SMILES string of the molecule is CC1CCCC(C(=O)NCC(C)N2CCCC2)N1. The van der Waals surface area contributed by atoms with Gasteiger partial charge in [0, 0.05) is 18.6 Å². The lowest BCUT2D eigenvalue weighted by atomic mass is 9.99. The maximum absolute atomic E-state index is 12.1. The molecule has 0 aromatic rings. The second-order valence-corrected chi connectivity index (χ2v) is 5.89. The standard InChI is InChI=1S/C14H27N3O/c1-11-6-5-7-13(16-11)14(18)15-10-12(2)17-8-3-4-9-17/h11-13,16H,3-10H2,1-2H3,(H,15,18). The molecule has 1 amide bonds. The quantitative estimate of drug-likeness (QED) is 0.789. The highest BCUT2D eigenvalue weighted by Crippen LogP contribution is 2.13. The van der Waals surface area contributed by atoms with Crippen LogP contribution in [0.5, 0.6) is 0 Å². The zero-order chi connectivity index (χ0) is 13.0. The van der Waals surface area contributed by atoms with Gasteiger partial charge in [-0.1, -0.05) is 0 Å². The summed E-state index contributed by atoms with van der Waals surface area (Å²) >= 11 is 0. The number of carbonyl (C=O) groups is 1. The molecule has 4 nitrogen and oxygen atoms in total. The lowest BCUT2D eigenvalue weighted by Gasteiger charge is -2.29. The summed E-state index contributed by atoms with van der Waals surface area (Å²) in [5, 5.41) is 6.49. The first-order valence-electron chi connectivity index (χ1n) is 7.44. The Kier molecular flexibility index (Phi) is 5.01. The summed E-state index contributed by atoms with van der Waals surface area (Å²) in [6.45, 7) is 7.53. The third kappa shape index (κ3) is 3.69. The molecule has 0 aromatic heterocycles.